The number of hydrogen-bond donors (Lipinski definition) is 1. The zero-order valence-corrected chi connectivity index (χ0v) is 28.6. The number of hydrogen-bond acceptors (Lipinski definition) is 4. The molecule has 0 saturated heterocycles. The summed E-state index contributed by atoms with van der Waals surface area (Å²) in [4.78, 5) is 29.9. The molecule has 0 heterocycles. The second-order valence-electron chi connectivity index (χ2n) is 10.5. The van der Waals surface area contributed by atoms with Gasteiger partial charge in [-0.1, -0.05) is 106 Å². The van der Waals surface area contributed by atoms with Crippen molar-refractivity contribution in [3.05, 3.63) is 129 Å². The Bertz CT molecular complexity index is 1670. The van der Waals surface area contributed by atoms with Crippen LogP contribution in [0, 0.1) is 0 Å². The highest BCUT2D eigenvalue weighted by atomic mass is 79.9. The van der Waals surface area contributed by atoms with Crippen molar-refractivity contribution in [2.24, 2.45) is 0 Å². The van der Waals surface area contributed by atoms with Gasteiger partial charge < -0.3 is 10.2 Å². The van der Waals surface area contributed by atoms with Crippen LogP contribution in [-0.2, 0) is 32.6 Å². The molecule has 0 aliphatic heterocycles. The Morgan fingerprint density at radius 3 is 2.00 bits per heavy atom. The van der Waals surface area contributed by atoms with Gasteiger partial charge in [0, 0.05) is 28.0 Å². The summed E-state index contributed by atoms with van der Waals surface area (Å²) >= 11 is 6.94. The average molecular weight is 742 g/mol. The Balaban J connectivity index is 1.80. The summed E-state index contributed by atoms with van der Waals surface area (Å²) in [5, 5.41) is 3.05. The van der Waals surface area contributed by atoms with Crippen LogP contribution in [0.5, 0.6) is 0 Å². The number of nitrogens with zero attached hydrogens (tertiary/aromatic N) is 2. The second kappa shape index (κ2) is 15.5. The molecule has 4 aromatic rings. The monoisotopic (exact) mass is 739 g/mol. The van der Waals surface area contributed by atoms with Crippen molar-refractivity contribution in [2.45, 2.75) is 50.2 Å². The molecule has 0 saturated carbocycles. The van der Waals surface area contributed by atoms with Crippen molar-refractivity contribution in [1.29, 1.82) is 0 Å². The van der Waals surface area contributed by atoms with Crippen LogP contribution < -0.4 is 9.62 Å². The number of sulfonamides is 1. The number of carbonyl (C=O) groups is 2. The Labute approximate surface area is 276 Å². The predicted octanol–water partition coefficient (Wildman–Crippen LogP) is 6.96. The van der Waals surface area contributed by atoms with Crippen molar-refractivity contribution in [2.75, 3.05) is 10.8 Å². The van der Waals surface area contributed by atoms with E-state index in [9.17, 15) is 18.0 Å². The molecule has 230 valence electrons. The van der Waals surface area contributed by atoms with E-state index in [0.29, 0.717) is 10.2 Å². The van der Waals surface area contributed by atoms with E-state index in [4.69, 9.17) is 0 Å². The van der Waals surface area contributed by atoms with Crippen molar-refractivity contribution in [1.82, 2.24) is 10.2 Å². The number of amides is 2. The van der Waals surface area contributed by atoms with Crippen LogP contribution in [0.25, 0.3) is 0 Å². The third-order valence-corrected chi connectivity index (χ3v) is 9.99. The molecule has 2 amide bonds. The van der Waals surface area contributed by atoms with E-state index >= 15 is 0 Å². The van der Waals surface area contributed by atoms with Gasteiger partial charge in [0.2, 0.25) is 11.8 Å². The van der Waals surface area contributed by atoms with E-state index in [1.165, 1.54) is 17.0 Å². The normalized spacial score (nSPS) is 12.6. The Kier molecular flexibility index (Phi) is 11.8. The van der Waals surface area contributed by atoms with Gasteiger partial charge in [-0.05, 0) is 66.9 Å². The summed E-state index contributed by atoms with van der Waals surface area (Å²) in [6, 6.07) is 30.8. The summed E-state index contributed by atoms with van der Waals surface area (Å²) in [6.45, 7) is 3.48. The van der Waals surface area contributed by atoms with E-state index in [1.807, 2.05) is 68.4 Å². The minimum atomic E-state index is -4.15. The summed E-state index contributed by atoms with van der Waals surface area (Å²) in [5.41, 5.74) is 1.99. The van der Waals surface area contributed by atoms with Gasteiger partial charge in [0.05, 0.1) is 10.6 Å². The van der Waals surface area contributed by atoms with Gasteiger partial charge in [-0.15, -0.1) is 0 Å². The van der Waals surface area contributed by atoms with Crippen molar-refractivity contribution >= 4 is 59.4 Å². The maximum Gasteiger partial charge on any atom is 0.264 e. The maximum absolute atomic E-state index is 14.5. The zero-order valence-electron chi connectivity index (χ0n) is 24.6. The van der Waals surface area contributed by atoms with Crippen molar-refractivity contribution < 1.29 is 18.0 Å². The van der Waals surface area contributed by atoms with E-state index in [2.05, 4.69) is 37.2 Å². The van der Waals surface area contributed by atoms with Crippen LogP contribution in [-0.4, -0.2) is 43.8 Å². The lowest BCUT2D eigenvalue weighted by molar-refractivity contribution is -0.140. The summed E-state index contributed by atoms with van der Waals surface area (Å²) in [7, 11) is -4.15. The molecule has 7 nitrogen and oxygen atoms in total. The first-order chi connectivity index (χ1) is 21.1. The first-order valence-corrected chi connectivity index (χ1v) is 17.3. The highest BCUT2D eigenvalue weighted by Gasteiger charge is 2.35. The fourth-order valence-electron chi connectivity index (χ4n) is 4.71. The van der Waals surface area contributed by atoms with Gasteiger partial charge in [-0.2, -0.15) is 0 Å². The van der Waals surface area contributed by atoms with Crippen LogP contribution in [0.2, 0.25) is 0 Å². The Morgan fingerprint density at radius 2 is 1.39 bits per heavy atom. The molecule has 0 unspecified atom stereocenters. The molecular weight excluding hydrogens is 706 g/mol. The van der Waals surface area contributed by atoms with Crippen LogP contribution in [0.4, 0.5) is 5.69 Å². The van der Waals surface area contributed by atoms with Crippen LogP contribution in [0.15, 0.2) is 123 Å². The third-order valence-electron chi connectivity index (χ3n) is 7.22. The summed E-state index contributed by atoms with van der Waals surface area (Å²) < 4.78 is 30.7. The fraction of sp³-hybridized carbons (Fsp3) is 0.235. The first kappa shape index (κ1) is 33.4. The van der Waals surface area contributed by atoms with E-state index < -0.39 is 28.5 Å². The minimum absolute atomic E-state index is 0.0571. The number of benzene rings is 4. The lowest BCUT2D eigenvalue weighted by Crippen LogP contribution is -2.54. The maximum atomic E-state index is 14.5. The largest absolute Gasteiger partial charge is 0.352 e. The molecule has 44 heavy (non-hydrogen) atoms. The van der Waals surface area contributed by atoms with Gasteiger partial charge in [0.25, 0.3) is 10.0 Å². The molecule has 4 aromatic carbocycles. The standard InChI is InChI=1S/C34H35Br2N3O4S/c1-3-25(2)37-34(41)32(21-26-12-6-4-7-13-26)38(23-27-14-10-15-28(35)20-27)33(40)24-39(30-17-11-16-29(36)22-30)44(42,43)31-18-8-5-9-19-31/h4-20,22,25,32H,3,21,23-24H2,1-2H3,(H,37,41)/t25-,32-/m0/s1. The smallest absolute Gasteiger partial charge is 0.264 e. The highest BCUT2D eigenvalue weighted by molar-refractivity contribution is 9.10. The van der Waals surface area contributed by atoms with Crippen molar-refractivity contribution in [3.8, 4) is 0 Å². The molecule has 10 heteroatoms. The lowest BCUT2D eigenvalue weighted by atomic mass is 10.0. The van der Waals surface area contributed by atoms with E-state index in [-0.39, 0.29) is 29.8 Å². The molecule has 0 aromatic heterocycles. The molecule has 2 atom stereocenters. The van der Waals surface area contributed by atoms with E-state index in [0.717, 1.165) is 26.3 Å². The fourth-order valence-corrected chi connectivity index (χ4v) is 6.97. The van der Waals surface area contributed by atoms with Gasteiger partial charge >= 0.3 is 0 Å². The number of nitrogens with one attached hydrogen (secondary N) is 1. The molecule has 0 fully saturated rings. The molecule has 0 aliphatic carbocycles. The number of anilines is 1. The van der Waals surface area contributed by atoms with E-state index in [1.54, 1.807) is 42.5 Å². The number of rotatable bonds is 13. The molecule has 0 bridgehead atoms. The van der Waals surface area contributed by atoms with Crippen LogP contribution in [0.1, 0.15) is 31.4 Å². The molecule has 1 N–H and O–H groups in total. The Hall–Kier alpha value is -3.47. The SMILES string of the molecule is CC[C@H](C)NC(=O)[C@H](Cc1ccccc1)N(Cc1cccc(Br)c1)C(=O)CN(c1cccc(Br)c1)S(=O)(=O)c1ccccc1. The highest BCUT2D eigenvalue weighted by Crippen LogP contribution is 2.27. The molecule has 0 spiro atoms. The molecule has 4 rings (SSSR count). The van der Waals surface area contributed by atoms with Gasteiger partial charge in [-0.3, -0.25) is 13.9 Å². The zero-order chi connectivity index (χ0) is 31.7. The minimum Gasteiger partial charge on any atom is -0.352 e. The number of halogens is 2. The van der Waals surface area contributed by atoms with Crippen molar-refractivity contribution in [3.63, 3.8) is 0 Å². The summed E-state index contributed by atoms with van der Waals surface area (Å²) in [5.74, 6) is -0.809. The third kappa shape index (κ3) is 8.80. The number of carbonyl (C=O) groups excluding carboxylic acids is 2. The molecular formula is C34H35Br2N3O4S. The topological polar surface area (TPSA) is 86.8 Å². The van der Waals surface area contributed by atoms with Crippen LogP contribution in [0.3, 0.4) is 0 Å². The molecule has 0 radical (unpaired) electrons. The lowest BCUT2D eigenvalue weighted by Gasteiger charge is -2.34. The first-order valence-electron chi connectivity index (χ1n) is 14.3. The summed E-state index contributed by atoms with van der Waals surface area (Å²) in [6.07, 6.45) is 0.973. The van der Waals surface area contributed by atoms with Gasteiger partial charge in [0.15, 0.2) is 0 Å². The van der Waals surface area contributed by atoms with Gasteiger partial charge in [0.1, 0.15) is 12.6 Å². The average Bonchev–Trinajstić information content (AvgIpc) is 3.02. The molecule has 0 aliphatic rings. The Morgan fingerprint density at radius 1 is 0.795 bits per heavy atom. The quantitative estimate of drug-likeness (QED) is 0.161. The van der Waals surface area contributed by atoms with Crippen LogP contribution >= 0.6 is 31.9 Å². The second-order valence-corrected chi connectivity index (χ2v) is 14.2. The predicted molar refractivity (Wildman–Crippen MR) is 182 cm³/mol. The van der Waals surface area contributed by atoms with Gasteiger partial charge in [-0.25, -0.2) is 8.42 Å².